The molecule has 2 atom stereocenters. The molecule has 0 radical (unpaired) electrons. The number of H-pyrrole nitrogens is 1. The Bertz CT molecular complexity index is 1380. The zero-order valence-corrected chi connectivity index (χ0v) is 25.0. The third-order valence-electron chi connectivity index (χ3n) is 8.36. The largest absolute Gasteiger partial charge is 0.493 e. The summed E-state index contributed by atoms with van der Waals surface area (Å²) in [7, 11) is -1.95. The fourth-order valence-corrected chi connectivity index (χ4v) is 11.5. The molecule has 1 aliphatic rings. The molecule has 2 heterocycles. The molecule has 3 aromatic rings. The molecule has 0 bridgehead atoms. The maximum Gasteiger partial charge on any atom is 0.250 e. The fourth-order valence-electron chi connectivity index (χ4n) is 6.31. The highest BCUT2D eigenvalue weighted by atomic mass is 28.3. The minimum atomic E-state index is -1.95. The van der Waals surface area contributed by atoms with Gasteiger partial charge in [0.2, 0.25) is 5.95 Å². The molecule has 0 saturated heterocycles. The third kappa shape index (κ3) is 6.54. The van der Waals surface area contributed by atoms with Crippen LogP contribution in [0.15, 0.2) is 41.3 Å². The first-order valence-corrected chi connectivity index (χ1v) is 16.4. The van der Waals surface area contributed by atoms with E-state index in [1.807, 2.05) is 24.3 Å². The minimum Gasteiger partial charge on any atom is -0.493 e. The number of hydrogen-bond acceptors (Lipinski definition) is 6. The Morgan fingerprint density at radius 3 is 2.49 bits per heavy atom. The topological polar surface area (TPSA) is 100 Å². The number of benzene rings is 1. The maximum atomic E-state index is 12.5. The number of rotatable bonds is 9. The van der Waals surface area contributed by atoms with E-state index >= 15 is 0 Å². The smallest absolute Gasteiger partial charge is 0.250 e. The van der Waals surface area contributed by atoms with Crippen LogP contribution in [0.4, 0.5) is 11.6 Å². The molecule has 0 amide bonds. The zero-order valence-electron chi connectivity index (χ0n) is 24.0. The normalized spacial score (nSPS) is 17.6. The molecule has 1 saturated carbocycles. The van der Waals surface area contributed by atoms with Crippen molar-refractivity contribution in [3.63, 3.8) is 0 Å². The highest BCUT2D eigenvalue weighted by molar-refractivity contribution is 6.90. The Morgan fingerprint density at radius 1 is 1.10 bits per heavy atom. The molecule has 7 nitrogen and oxygen atoms in total. The van der Waals surface area contributed by atoms with Crippen molar-refractivity contribution >= 4 is 30.7 Å². The second-order valence-corrected chi connectivity index (χ2v) is 17.4. The summed E-state index contributed by atoms with van der Waals surface area (Å²) in [5, 5.41) is 13.3. The Morgan fingerprint density at radius 2 is 1.82 bits per heavy atom. The van der Waals surface area contributed by atoms with E-state index in [-0.39, 0.29) is 12.2 Å². The van der Waals surface area contributed by atoms with Crippen molar-refractivity contribution in [1.82, 2.24) is 15.0 Å². The fraction of sp³-hybridized carbons (Fsp3) is 0.516. The van der Waals surface area contributed by atoms with Crippen molar-refractivity contribution in [2.24, 2.45) is 11.8 Å². The van der Waals surface area contributed by atoms with Gasteiger partial charge < -0.3 is 20.1 Å². The van der Waals surface area contributed by atoms with Crippen molar-refractivity contribution < 1.29 is 9.84 Å². The van der Waals surface area contributed by atoms with Crippen LogP contribution in [0.2, 0.25) is 16.6 Å². The molecule has 0 spiro atoms. The molecule has 4 rings (SSSR count). The second-order valence-electron chi connectivity index (χ2n) is 11.8. The van der Waals surface area contributed by atoms with Crippen molar-refractivity contribution in [2.75, 3.05) is 18.5 Å². The molecule has 0 aliphatic heterocycles. The van der Waals surface area contributed by atoms with Crippen LogP contribution >= 0.6 is 0 Å². The number of anilines is 2. The summed E-state index contributed by atoms with van der Waals surface area (Å²) >= 11 is 0. The number of aliphatic hydroxyl groups is 1. The predicted octanol–water partition coefficient (Wildman–Crippen LogP) is 6.42. The number of nitrogens with one attached hydrogen (secondary N) is 2. The van der Waals surface area contributed by atoms with E-state index in [0.717, 1.165) is 36.1 Å². The van der Waals surface area contributed by atoms with Gasteiger partial charge in [0.05, 0.1) is 12.0 Å². The molecule has 1 aliphatic carbocycles. The summed E-state index contributed by atoms with van der Waals surface area (Å²) in [6.45, 7) is 14.6. The van der Waals surface area contributed by atoms with Gasteiger partial charge in [0.25, 0.3) is 5.56 Å². The molecular formula is C31H42N4O3Si. The Kier molecular flexibility index (Phi) is 9.14. The molecule has 0 unspecified atom stereocenters. The molecule has 39 heavy (non-hydrogen) atoms. The van der Waals surface area contributed by atoms with Crippen molar-refractivity contribution in [3.8, 4) is 17.2 Å². The van der Waals surface area contributed by atoms with Gasteiger partial charge in [-0.25, -0.2) is 4.98 Å². The van der Waals surface area contributed by atoms with E-state index in [9.17, 15) is 9.90 Å². The average Bonchev–Trinajstić information content (AvgIpc) is 3.35. The first-order chi connectivity index (χ1) is 18.6. The lowest BCUT2D eigenvalue weighted by atomic mass is 10.1. The van der Waals surface area contributed by atoms with Crippen molar-refractivity contribution in [3.05, 3.63) is 52.4 Å². The van der Waals surface area contributed by atoms with Crippen LogP contribution in [0.25, 0.3) is 11.0 Å². The lowest BCUT2D eigenvalue weighted by Gasteiger charge is -2.38. The molecule has 208 valence electrons. The van der Waals surface area contributed by atoms with Gasteiger partial charge in [0, 0.05) is 36.2 Å². The van der Waals surface area contributed by atoms with E-state index < -0.39 is 8.07 Å². The standard InChI is InChI=1S/C31H42N4O3Si/c1-20(2)39(21(3)4,22(5)6)13-12-25-15-29(37)34-30-28(25)17-32-31(35-30)33-26-8-7-9-27(16-26)38-19-24-11-10-23(14-24)18-36/h7-9,15-17,20-24,36H,10-11,14,18-19H2,1-6H3,(H2,32,33,34,35,37)/t23-,24+/m1/s1. The van der Waals surface area contributed by atoms with Crippen molar-refractivity contribution in [2.45, 2.75) is 77.4 Å². The van der Waals surface area contributed by atoms with Gasteiger partial charge >= 0.3 is 0 Å². The lowest BCUT2D eigenvalue weighted by Crippen LogP contribution is -2.43. The van der Waals surface area contributed by atoms with Crippen LogP contribution in [0, 0.1) is 23.3 Å². The number of aliphatic hydroxyl groups excluding tert-OH is 1. The number of aromatic amines is 1. The molecular weight excluding hydrogens is 504 g/mol. The van der Waals surface area contributed by atoms with Gasteiger partial charge in [0.1, 0.15) is 19.5 Å². The first-order valence-electron chi connectivity index (χ1n) is 14.2. The highest BCUT2D eigenvalue weighted by Gasteiger charge is 2.41. The van der Waals surface area contributed by atoms with Crippen LogP contribution < -0.4 is 15.6 Å². The summed E-state index contributed by atoms with van der Waals surface area (Å²) < 4.78 is 6.05. The van der Waals surface area contributed by atoms with Gasteiger partial charge in [-0.3, -0.25) is 4.79 Å². The van der Waals surface area contributed by atoms with E-state index in [1.54, 1.807) is 12.3 Å². The molecule has 8 heteroatoms. The quantitative estimate of drug-likeness (QED) is 0.212. The monoisotopic (exact) mass is 546 g/mol. The number of fused-ring (bicyclic) bond motifs is 1. The molecule has 3 N–H and O–H groups in total. The summed E-state index contributed by atoms with van der Waals surface area (Å²) in [6, 6.07) is 9.26. The average molecular weight is 547 g/mol. The van der Waals surface area contributed by atoms with Crippen LogP contribution in [-0.4, -0.2) is 41.3 Å². The van der Waals surface area contributed by atoms with E-state index in [2.05, 4.69) is 73.3 Å². The number of aromatic nitrogens is 3. The number of hydrogen-bond donors (Lipinski definition) is 3. The van der Waals surface area contributed by atoms with Gasteiger partial charge in [-0.1, -0.05) is 53.5 Å². The second kappa shape index (κ2) is 12.4. The first kappa shape index (κ1) is 28.8. The third-order valence-corrected chi connectivity index (χ3v) is 14.6. The Labute approximate surface area is 232 Å². The van der Waals surface area contributed by atoms with Crippen molar-refractivity contribution in [1.29, 1.82) is 0 Å². The van der Waals surface area contributed by atoms with E-state index in [4.69, 9.17) is 4.74 Å². The van der Waals surface area contributed by atoms with E-state index in [0.29, 0.717) is 52.2 Å². The molecule has 1 aromatic carbocycles. The van der Waals surface area contributed by atoms with Gasteiger partial charge in [0.15, 0.2) is 0 Å². The summed E-state index contributed by atoms with van der Waals surface area (Å²) in [4.78, 5) is 24.5. The SMILES string of the molecule is CC(C)[Si](C#Cc1cc(=O)[nH]c2nc(Nc3cccc(OC[C@H]4CC[C@@H](CO)C4)c3)ncc12)(C(C)C)C(C)C. The van der Waals surface area contributed by atoms with E-state index in [1.165, 1.54) is 0 Å². The maximum absolute atomic E-state index is 12.5. The highest BCUT2D eigenvalue weighted by Crippen LogP contribution is 2.41. The van der Waals surface area contributed by atoms with Crippen LogP contribution in [0.1, 0.15) is 66.4 Å². The number of ether oxygens (including phenoxy) is 1. The molecule has 1 fully saturated rings. The predicted molar refractivity (Wildman–Crippen MR) is 161 cm³/mol. The van der Waals surface area contributed by atoms with Gasteiger partial charge in [-0.15, -0.1) is 5.54 Å². The lowest BCUT2D eigenvalue weighted by molar-refractivity contribution is 0.211. The van der Waals surface area contributed by atoms with Crippen LogP contribution in [-0.2, 0) is 0 Å². The summed E-state index contributed by atoms with van der Waals surface area (Å²) in [6.07, 6.45) is 4.90. The van der Waals surface area contributed by atoms with Gasteiger partial charge in [-0.05, 0) is 59.9 Å². The minimum absolute atomic E-state index is 0.229. The zero-order chi connectivity index (χ0) is 28.2. The van der Waals surface area contributed by atoms with Crippen LogP contribution in [0.5, 0.6) is 5.75 Å². The Balaban J connectivity index is 1.55. The number of pyridine rings is 1. The van der Waals surface area contributed by atoms with Crippen LogP contribution in [0.3, 0.4) is 0 Å². The molecule has 2 aromatic heterocycles. The van der Waals surface area contributed by atoms with Gasteiger partial charge in [-0.2, -0.15) is 4.98 Å². The summed E-state index contributed by atoms with van der Waals surface area (Å²) in [5.41, 5.74) is 6.91. The Hall–Kier alpha value is -3.15. The summed E-state index contributed by atoms with van der Waals surface area (Å²) in [5.74, 6) is 5.43. The number of nitrogens with zero attached hydrogens (tertiary/aromatic N) is 2.